The smallest absolute Gasteiger partial charge is 0.318 e. The maximum Gasteiger partial charge on any atom is 0.318 e. The summed E-state index contributed by atoms with van der Waals surface area (Å²) in [5, 5.41) is 5.72. The molecule has 1 aliphatic heterocycles. The number of benzene rings is 1. The van der Waals surface area contributed by atoms with Crippen molar-refractivity contribution in [1.29, 1.82) is 0 Å². The van der Waals surface area contributed by atoms with Gasteiger partial charge in [0.05, 0.1) is 0 Å². The van der Waals surface area contributed by atoms with Crippen molar-refractivity contribution in [3.8, 4) is 0 Å². The Hall–Kier alpha value is -1.82. The summed E-state index contributed by atoms with van der Waals surface area (Å²) in [4.78, 5) is 23.1. The van der Waals surface area contributed by atoms with Crippen molar-refractivity contribution < 1.29 is 14.2 Å². The van der Waals surface area contributed by atoms with Crippen LogP contribution in [-0.4, -0.2) is 30.8 Å². The van der Waals surface area contributed by atoms with Crippen LogP contribution in [0.15, 0.2) is 30.3 Å². The van der Waals surface area contributed by atoms with Crippen LogP contribution in [0.2, 0.25) is 6.82 Å². The zero-order chi connectivity index (χ0) is 15.2. The van der Waals surface area contributed by atoms with Gasteiger partial charge in [-0.2, -0.15) is 0 Å². The summed E-state index contributed by atoms with van der Waals surface area (Å²) in [6.45, 7) is 3.41. The molecule has 2 unspecified atom stereocenters. The molecule has 21 heavy (non-hydrogen) atoms. The van der Waals surface area contributed by atoms with Gasteiger partial charge < -0.3 is 15.3 Å². The molecular weight excluding hydrogens is 267 g/mol. The Kier molecular flexibility index (Phi) is 5.39. The van der Waals surface area contributed by atoms with Gasteiger partial charge in [0.2, 0.25) is 0 Å². The van der Waals surface area contributed by atoms with Crippen LogP contribution < -0.4 is 10.6 Å². The Morgan fingerprint density at radius 1 is 1.29 bits per heavy atom. The number of amides is 2. The number of carbonyl (C=O) groups is 2. The Bertz CT molecular complexity index is 495. The highest BCUT2D eigenvalue weighted by atomic mass is 16.4. The van der Waals surface area contributed by atoms with E-state index in [0.29, 0.717) is 6.42 Å². The Morgan fingerprint density at radius 2 is 2.00 bits per heavy atom. The Balaban J connectivity index is 1.81. The number of hydrogen-bond donors (Lipinski definition) is 2. The molecule has 0 saturated carbocycles. The van der Waals surface area contributed by atoms with E-state index in [9.17, 15) is 9.59 Å². The summed E-state index contributed by atoms with van der Waals surface area (Å²) < 4.78 is 5.80. The second-order valence-corrected chi connectivity index (χ2v) is 5.52. The lowest BCUT2D eigenvalue weighted by Gasteiger charge is -2.33. The molecule has 1 fully saturated rings. The number of urea groups is 1. The van der Waals surface area contributed by atoms with Crippen molar-refractivity contribution >= 4 is 24.4 Å². The van der Waals surface area contributed by atoms with Gasteiger partial charge in [-0.15, -0.1) is 0 Å². The topological polar surface area (TPSA) is 67.4 Å². The number of nitrogens with one attached hydrogen (secondary N) is 2. The number of carbonyl (C=O) groups excluding carboxylic acids is 2. The average molecular weight is 288 g/mol. The van der Waals surface area contributed by atoms with E-state index in [1.165, 1.54) is 0 Å². The summed E-state index contributed by atoms with van der Waals surface area (Å²) >= 11 is 0. The number of rotatable bonds is 4. The summed E-state index contributed by atoms with van der Waals surface area (Å²) in [5.41, 5.74) is 0.758. The van der Waals surface area contributed by atoms with Gasteiger partial charge in [-0.3, -0.25) is 4.79 Å². The lowest BCUT2D eigenvalue weighted by molar-refractivity contribution is -0.118. The number of para-hydroxylation sites is 1. The molecule has 0 aliphatic carbocycles. The van der Waals surface area contributed by atoms with Crippen molar-refractivity contribution in [3.05, 3.63) is 30.3 Å². The molecule has 0 aromatic heterocycles. The van der Waals surface area contributed by atoms with E-state index in [0.717, 1.165) is 18.5 Å². The van der Waals surface area contributed by atoms with Gasteiger partial charge in [0.15, 0.2) is 0 Å². The summed E-state index contributed by atoms with van der Waals surface area (Å²) in [6.07, 6.45) is 2.04. The first-order valence-corrected chi connectivity index (χ1v) is 7.32. The Morgan fingerprint density at radius 3 is 2.62 bits per heavy atom. The van der Waals surface area contributed by atoms with Crippen molar-refractivity contribution in [1.82, 2.24) is 5.32 Å². The van der Waals surface area contributed by atoms with Gasteiger partial charge in [0.25, 0.3) is 0 Å². The SMILES string of the molecule is CB1OC(CC(C)=O)CCC1NC(=O)Nc1ccccc1. The minimum atomic E-state index is -0.230. The first kappa shape index (κ1) is 15.6. The molecule has 5 nitrogen and oxygen atoms in total. The van der Waals surface area contributed by atoms with Crippen LogP contribution in [0.3, 0.4) is 0 Å². The highest BCUT2D eigenvalue weighted by Gasteiger charge is 2.32. The van der Waals surface area contributed by atoms with E-state index < -0.39 is 0 Å². The minimum absolute atomic E-state index is 0.0206. The van der Waals surface area contributed by atoms with Gasteiger partial charge in [0.1, 0.15) is 5.78 Å². The summed E-state index contributed by atoms with van der Waals surface area (Å²) in [5.74, 6) is 0.109. The first-order chi connectivity index (χ1) is 10.0. The molecular formula is C15H21BN2O3. The number of anilines is 1. The molecule has 2 amide bonds. The standard InChI is InChI=1S/C15H21BN2O3/c1-11(19)10-13-8-9-14(16(2)21-13)18-15(20)17-12-6-4-3-5-7-12/h3-7,13-14H,8-10H2,1-2H3,(H2,17,18,20). The van der Waals surface area contributed by atoms with Crippen LogP contribution in [0.25, 0.3) is 0 Å². The van der Waals surface area contributed by atoms with Crippen LogP contribution >= 0.6 is 0 Å². The van der Waals surface area contributed by atoms with E-state index in [1.807, 2.05) is 37.2 Å². The molecule has 2 atom stereocenters. The van der Waals surface area contributed by atoms with Crippen LogP contribution in [-0.2, 0) is 9.45 Å². The van der Waals surface area contributed by atoms with E-state index >= 15 is 0 Å². The molecule has 2 rings (SSSR count). The maximum absolute atomic E-state index is 12.0. The monoisotopic (exact) mass is 288 g/mol. The minimum Gasteiger partial charge on any atom is -0.431 e. The number of ketones is 1. The third-order valence-electron chi connectivity index (χ3n) is 3.64. The normalized spacial score (nSPS) is 21.7. The predicted octanol–water partition coefficient (Wildman–Crippen LogP) is 2.50. The van der Waals surface area contributed by atoms with Gasteiger partial charge in [-0.1, -0.05) is 25.0 Å². The van der Waals surface area contributed by atoms with Crippen molar-refractivity contribution in [2.45, 2.75) is 45.1 Å². The highest BCUT2D eigenvalue weighted by Crippen LogP contribution is 2.20. The van der Waals surface area contributed by atoms with E-state index in [4.69, 9.17) is 4.65 Å². The largest absolute Gasteiger partial charge is 0.431 e. The van der Waals surface area contributed by atoms with Crippen LogP contribution in [0.5, 0.6) is 0 Å². The van der Waals surface area contributed by atoms with E-state index in [-0.39, 0.29) is 30.8 Å². The third-order valence-corrected chi connectivity index (χ3v) is 3.64. The summed E-state index contributed by atoms with van der Waals surface area (Å²) in [7, 11) is 0. The molecule has 1 saturated heterocycles. The molecule has 1 aromatic rings. The molecule has 0 spiro atoms. The highest BCUT2D eigenvalue weighted by molar-refractivity contribution is 6.52. The van der Waals surface area contributed by atoms with Crippen LogP contribution in [0.4, 0.5) is 10.5 Å². The molecule has 0 bridgehead atoms. The lowest BCUT2D eigenvalue weighted by atomic mass is 9.59. The lowest BCUT2D eigenvalue weighted by Crippen LogP contribution is -2.52. The molecule has 1 aliphatic rings. The number of Topliss-reactive ketones (excluding diaryl/α,β-unsaturated/α-hetero) is 1. The van der Waals surface area contributed by atoms with Crippen LogP contribution in [0.1, 0.15) is 26.2 Å². The maximum atomic E-state index is 12.0. The first-order valence-electron chi connectivity index (χ1n) is 7.32. The molecule has 6 heteroatoms. The average Bonchev–Trinajstić information content (AvgIpc) is 2.42. The molecule has 2 N–H and O–H groups in total. The van der Waals surface area contributed by atoms with E-state index in [2.05, 4.69) is 10.6 Å². The zero-order valence-electron chi connectivity index (χ0n) is 12.5. The van der Waals surface area contributed by atoms with Gasteiger partial charge in [-0.05, 0) is 31.9 Å². The fraction of sp³-hybridized carbons (Fsp3) is 0.467. The fourth-order valence-corrected chi connectivity index (χ4v) is 2.58. The second-order valence-electron chi connectivity index (χ2n) is 5.52. The van der Waals surface area contributed by atoms with Gasteiger partial charge in [0, 0.05) is 24.2 Å². The Labute approximate surface area is 125 Å². The van der Waals surface area contributed by atoms with Crippen LogP contribution in [0, 0.1) is 0 Å². The fourth-order valence-electron chi connectivity index (χ4n) is 2.58. The molecule has 1 aromatic carbocycles. The van der Waals surface area contributed by atoms with Crippen molar-refractivity contribution in [2.75, 3.05) is 5.32 Å². The van der Waals surface area contributed by atoms with Crippen molar-refractivity contribution in [2.24, 2.45) is 0 Å². The number of hydrogen-bond acceptors (Lipinski definition) is 3. The molecule has 0 radical (unpaired) electrons. The molecule has 1 heterocycles. The predicted molar refractivity (Wildman–Crippen MR) is 83.4 cm³/mol. The third kappa shape index (κ3) is 4.90. The van der Waals surface area contributed by atoms with Gasteiger partial charge >= 0.3 is 12.9 Å². The summed E-state index contributed by atoms with van der Waals surface area (Å²) in [6, 6.07) is 9.08. The molecule has 112 valence electrons. The van der Waals surface area contributed by atoms with E-state index in [1.54, 1.807) is 6.92 Å². The van der Waals surface area contributed by atoms with Crippen molar-refractivity contribution in [3.63, 3.8) is 0 Å². The zero-order valence-corrected chi connectivity index (χ0v) is 12.5. The van der Waals surface area contributed by atoms with Gasteiger partial charge in [-0.25, -0.2) is 4.79 Å². The quantitative estimate of drug-likeness (QED) is 0.836. The second kappa shape index (κ2) is 7.27.